The molecule has 0 saturated carbocycles. The standard InChI is InChI=1S/C20H14Cl3F3N2O2/c1-10-5-14(11(2)28(10)13-3-4-15(21)16(22)7-13)18(29)9-27-8-12(20(24,25)26)6-17(23)19(27)30/h3-8H,9H2,1-2H3. The van der Waals surface area contributed by atoms with Crippen molar-refractivity contribution < 1.29 is 18.0 Å². The zero-order valence-electron chi connectivity index (χ0n) is 15.6. The second-order valence-corrected chi connectivity index (χ2v) is 7.87. The number of carbonyl (C=O) groups excluding carboxylic acids is 1. The Morgan fingerprint density at radius 1 is 1.00 bits per heavy atom. The Balaban J connectivity index is 2.01. The van der Waals surface area contributed by atoms with Crippen molar-refractivity contribution in [2.45, 2.75) is 26.6 Å². The predicted octanol–water partition coefficient (Wildman–Crippen LogP) is 6.12. The third-order valence-electron chi connectivity index (χ3n) is 4.58. The van der Waals surface area contributed by atoms with Crippen molar-refractivity contribution in [3.63, 3.8) is 0 Å². The van der Waals surface area contributed by atoms with E-state index < -0.39 is 34.6 Å². The van der Waals surface area contributed by atoms with E-state index in [1.165, 1.54) is 0 Å². The number of rotatable bonds is 4. The van der Waals surface area contributed by atoms with Gasteiger partial charge in [-0.3, -0.25) is 9.59 Å². The van der Waals surface area contributed by atoms with Crippen LogP contribution in [-0.4, -0.2) is 14.9 Å². The van der Waals surface area contributed by atoms with E-state index in [1.54, 1.807) is 42.7 Å². The number of Topliss-reactive ketones (excluding diaryl/α,β-unsaturated/α-hetero) is 1. The molecule has 0 saturated heterocycles. The molecule has 2 aromatic heterocycles. The van der Waals surface area contributed by atoms with Gasteiger partial charge in [0.15, 0.2) is 5.78 Å². The molecule has 2 heterocycles. The van der Waals surface area contributed by atoms with Gasteiger partial charge >= 0.3 is 6.18 Å². The number of nitrogens with zero attached hydrogens (tertiary/aromatic N) is 2. The van der Waals surface area contributed by atoms with Gasteiger partial charge in [0.1, 0.15) is 5.02 Å². The van der Waals surface area contributed by atoms with Crippen molar-refractivity contribution in [2.24, 2.45) is 0 Å². The SMILES string of the molecule is Cc1cc(C(=O)Cn2cc(C(F)(F)F)cc(Cl)c2=O)c(C)n1-c1ccc(Cl)c(Cl)c1. The van der Waals surface area contributed by atoms with E-state index in [1.807, 2.05) is 0 Å². The highest BCUT2D eigenvalue weighted by Crippen LogP contribution is 2.30. The van der Waals surface area contributed by atoms with Crippen molar-refractivity contribution in [1.82, 2.24) is 9.13 Å². The molecule has 3 rings (SSSR count). The third kappa shape index (κ3) is 4.29. The van der Waals surface area contributed by atoms with Crippen LogP contribution < -0.4 is 5.56 Å². The molecule has 0 unspecified atom stereocenters. The van der Waals surface area contributed by atoms with Gasteiger partial charge in [-0.25, -0.2) is 0 Å². The summed E-state index contributed by atoms with van der Waals surface area (Å²) >= 11 is 17.7. The number of hydrogen-bond donors (Lipinski definition) is 0. The molecule has 0 aliphatic rings. The second kappa shape index (κ2) is 8.13. The molecular formula is C20H14Cl3F3N2O2. The Hall–Kier alpha value is -2.22. The average Bonchev–Trinajstić information content (AvgIpc) is 2.94. The van der Waals surface area contributed by atoms with E-state index in [-0.39, 0.29) is 5.56 Å². The van der Waals surface area contributed by atoms with Gasteiger partial charge in [0.25, 0.3) is 5.56 Å². The maximum atomic E-state index is 13.0. The summed E-state index contributed by atoms with van der Waals surface area (Å²) in [4.78, 5) is 25.0. The first-order valence-corrected chi connectivity index (χ1v) is 9.68. The van der Waals surface area contributed by atoms with Crippen LogP contribution in [-0.2, 0) is 12.7 Å². The smallest absolute Gasteiger partial charge is 0.318 e. The lowest BCUT2D eigenvalue weighted by Gasteiger charge is -2.12. The number of aromatic nitrogens is 2. The number of halogens is 6. The number of aryl methyl sites for hydroxylation is 1. The average molecular weight is 478 g/mol. The number of alkyl halides is 3. The first-order valence-electron chi connectivity index (χ1n) is 8.55. The van der Waals surface area contributed by atoms with Crippen LogP contribution in [0.1, 0.15) is 27.3 Å². The van der Waals surface area contributed by atoms with Crippen LogP contribution in [0, 0.1) is 13.8 Å². The molecule has 0 atom stereocenters. The van der Waals surface area contributed by atoms with E-state index >= 15 is 0 Å². The Bertz CT molecular complexity index is 1210. The Labute approximate surface area is 184 Å². The highest BCUT2D eigenvalue weighted by molar-refractivity contribution is 6.42. The highest BCUT2D eigenvalue weighted by atomic mass is 35.5. The fourth-order valence-corrected chi connectivity index (χ4v) is 3.70. The number of benzene rings is 1. The number of pyridine rings is 1. The summed E-state index contributed by atoms with van der Waals surface area (Å²) in [5, 5.41) is 0.0959. The van der Waals surface area contributed by atoms with Crippen molar-refractivity contribution >= 4 is 40.6 Å². The van der Waals surface area contributed by atoms with Crippen molar-refractivity contribution in [2.75, 3.05) is 0 Å². The molecule has 0 radical (unpaired) electrons. The molecule has 0 amide bonds. The van der Waals surface area contributed by atoms with Crippen LogP contribution >= 0.6 is 34.8 Å². The summed E-state index contributed by atoms with van der Waals surface area (Å²) < 4.78 is 41.5. The first-order chi connectivity index (χ1) is 13.9. The van der Waals surface area contributed by atoms with Crippen molar-refractivity contribution in [1.29, 1.82) is 0 Å². The molecule has 0 fully saturated rings. The molecule has 3 aromatic rings. The van der Waals surface area contributed by atoms with Gasteiger partial charge in [0.2, 0.25) is 0 Å². The van der Waals surface area contributed by atoms with Crippen LogP contribution in [0.15, 0.2) is 41.3 Å². The van der Waals surface area contributed by atoms with Crippen LogP contribution in [0.4, 0.5) is 13.2 Å². The summed E-state index contributed by atoms with van der Waals surface area (Å²) in [6.07, 6.45) is -4.11. The summed E-state index contributed by atoms with van der Waals surface area (Å²) in [7, 11) is 0. The molecule has 0 aliphatic heterocycles. The minimum Gasteiger partial charge on any atom is -0.318 e. The van der Waals surface area contributed by atoms with Gasteiger partial charge in [-0.05, 0) is 44.2 Å². The van der Waals surface area contributed by atoms with Gasteiger partial charge in [-0.2, -0.15) is 13.2 Å². The zero-order valence-corrected chi connectivity index (χ0v) is 17.9. The van der Waals surface area contributed by atoms with Gasteiger partial charge in [-0.1, -0.05) is 34.8 Å². The quantitative estimate of drug-likeness (QED) is 0.425. The largest absolute Gasteiger partial charge is 0.417 e. The summed E-state index contributed by atoms with van der Waals surface area (Å²) in [5.41, 5.74) is 0.180. The Morgan fingerprint density at radius 3 is 2.27 bits per heavy atom. The molecular weight excluding hydrogens is 464 g/mol. The molecule has 0 aliphatic carbocycles. The number of hydrogen-bond acceptors (Lipinski definition) is 2. The molecule has 0 bridgehead atoms. The second-order valence-electron chi connectivity index (χ2n) is 6.65. The molecule has 0 N–H and O–H groups in total. The highest BCUT2D eigenvalue weighted by Gasteiger charge is 2.32. The first kappa shape index (κ1) is 22.5. The van der Waals surface area contributed by atoms with E-state index in [4.69, 9.17) is 34.8 Å². The lowest BCUT2D eigenvalue weighted by molar-refractivity contribution is -0.138. The van der Waals surface area contributed by atoms with E-state index in [2.05, 4.69) is 0 Å². The van der Waals surface area contributed by atoms with Crippen LogP contribution in [0.5, 0.6) is 0 Å². The third-order valence-corrected chi connectivity index (χ3v) is 5.59. The summed E-state index contributed by atoms with van der Waals surface area (Å²) in [5.74, 6) is -0.535. The minimum absolute atomic E-state index is 0.263. The summed E-state index contributed by atoms with van der Waals surface area (Å²) in [6.45, 7) is 2.86. The Morgan fingerprint density at radius 2 is 1.67 bits per heavy atom. The monoisotopic (exact) mass is 476 g/mol. The van der Waals surface area contributed by atoms with Crippen LogP contribution in [0.3, 0.4) is 0 Å². The van der Waals surface area contributed by atoms with E-state index in [9.17, 15) is 22.8 Å². The topological polar surface area (TPSA) is 44.0 Å². The molecule has 10 heteroatoms. The van der Waals surface area contributed by atoms with Gasteiger partial charge in [-0.15, -0.1) is 0 Å². The normalized spacial score (nSPS) is 11.7. The number of ketones is 1. The lowest BCUT2D eigenvalue weighted by atomic mass is 10.1. The summed E-state index contributed by atoms with van der Waals surface area (Å²) in [6, 6.07) is 7.11. The molecule has 1 aromatic carbocycles. The lowest BCUT2D eigenvalue weighted by Crippen LogP contribution is -2.26. The zero-order chi connectivity index (χ0) is 22.4. The maximum absolute atomic E-state index is 13.0. The van der Waals surface area contributed by atoms with Gasteiger partial charge < -0.3 is 9.13 Å². The minimum atomic E-state index is -4.70. The Kier molecular flexibility index (Phi) is 6.09. The fraction of sp³-hybridized carbons (Fsp3) is 0.200. The van der Waals surface area contributed by atoms with Crippen LogP contribution in [0.25, 0.3) is 5.69 Å². The predicted molar refractivity (Wildman–Crippen MR) is 110 cm³/mol. The van der Waals surface area contributed by atoms with Crippen LogP contribution in [0.2, 0.25) is 15.1 Å². The molecule has 0 spiro atoms. The molecule has 30 heavy (non-hydrogen) atoms. The molecule has 4 nitrogen and oxygen atoms in total. The number of carbonyl (C=O) groups is 1. The molecule has 158 valence electrons. The van der Waals surface area contributed by atoms with E-state index in [0.717, 1.165) is 0 Å². The van der Waals surface area contributed by atoms with Gasteiger partial charge in [0.05, 0.1) is 22.2 Å². The fourth-order valence-electron chi connectivity index (χ4n) is 3.18. The maximum Gasteiger partial charge on any atom is 0.417 e. The van der Waals surface area contributed by atoms with Crippen molar-refractivity contribution in [3.05, 3.63) is 84.5 Å². The van der Waals surface area contributed by atoms with Crippen molar-refractivity contribution in [3.8, 4) is 5.69 Å². The van der Waals surface area contributed by atoms with E-state index in [0.29, 0.717) is 44.0 Å². The van der Waals surface area contributed by atoms with Gasteiger partial charge in [0, 0.05) is 28.8 Å².